The highest BCUT2D eigenvalue weighted by Gasteiger charge is 2.06. The Bertz CT molecular complexity index is 916. The molecule has 0 heterocycles. The van der Waals surface area contributed by atoms with Gasteiger partial charge in [0, 0.05) is 6.54 Å². The molecule has 0 aliphatic heterocycles. The zero-order valence-electron chi connectivity index (χ0n) is 18.6. The van der Waals surface area contributed by atoms with Gasteiger partial charge in [-0.1, -0.05) is 38.1 Å². The first-order valence-corrected chi connectivity index (χ1v) is 10.3. The van der Waals surface area contributed by atoms with Crippen LogP contribution in [-0.2, 0) is 4.79 Å². The normalized spacial score (nSPS) is 11.4. The number of hydrogen-bond acceptors (Lipinski definition) is 6. The Kier molecular flexibility index (Phi) is 9.65. The van der Waals surface area contributed by atoms with Crippen molar-refractivity contribution in [2.45, 2.75) is 13.8 Å². The van der Waals surface area contributed by atoms with Crippen LogP contribution in [0.2, 0.25) is 0 Å². The molecule has 166 valence electrons. The molecule has 0 spiro atoms. The van der Waals surface area contributed by atoms with Gasteiger partial charge in [-0.3, -0.25) is 4.79 Å². The smallest absolute Gasteiger partial charge is 0.178 e. The Morgan fingerprint density at radius 2 is 1.48 bits per heavy atom. The summed E-state index contributed by atoms with van der Waals surface area (Å²) in [5.41, 5.74) is 1.59. The minimum Gasteiger partial charge on any atom is -0.504 e. The maximum atomic E-state index is 12.2. The quantitative estimate of drug-likeness (QED) is 0.508. The molecular weight excluding hydrogens is 394 g/mol. The highest BCUT2D eigenvalue weighted by Crippen LogP contribution is 2.29. The highest BCUT2D eigenvalue weighted by atomic mass is 16.5. The van der Waals surface area contributed by atoms with Crippen LogP contribution in [0.15, 0.2) is 48.6 Å². The number of ether oxygens (including phenoxy) is 3. The lowest BCUT2D eigenvalue weighted by molar-refractivity contribution is -0.110. The van der Waals surface area contributed by atoms with Crippen molar-refractivity contribution in [2.75, 3.05) is 40.5 Å². The van der Waals surface area contributed by atoms with Crippen molar-refractivity contribution in [3.63, 3.8) is 0 Å². The number of benzene rings is 2. The van der Waals surface area contributed by atoms with Gasteiger partial charge in [-0.15, -0.1) is 0 Å². The number of phenols is 1. The molecule has 0 amide bonds. The SMILES string of the molecule is CCN(CC)CCOc1ccc(/C=C/C(=O)/C=C/c2ccc(O)c(OC)c2)cc1OC. The van der Waals surface area contributed by atoms with Crippen molar-refractivity contribution in [3.05, 3.63) is 59.7 Å². The van der Waals surface area contributed by atoms with E-state index in [1.54, 1.807) is 31.4 Å². The van der Waals surface area contributed by atoms with E-state index in [1.807, 2.05) is 18.2 Å². The van der Waals surface area contributed by atoms with E-state index in [9.17, 15) is 9.90 Å². The maximum absolute atomic E-state index is 12.2. The molecule has 0 aliphatic rings. The summed E-state index contributed by atoms with van der Waals surface area (Å²) in [4.78, 5) is 14.5. The number of phenolic OH excluding ortho intramolecular Hbond substituents is 1. The molecule has 6 heteroatoms. The molecule has 2 aromatic carbocycles. The number of carbonyl (C=O) groups excluding carboxylic acids is 1. The average Bonchev–Trinajstić information content (AvgIpc) is 2.80. The first-order chi connectivity index (χ1) is 15.0. The number of hydrogen-bond donors (Lipinski definition) is 1. The Hall–Kier alpha value is -3.25. The molecule has 0 unspecified atom stereocenters. The molecule has 0 saturated carbocycles. The van der Waals surface area contributed by atoms with Gasteiger partial charge in [0.1, 0.15) is 6.61 Å². The molecule has 0 saturated heterocycles. The molecule has 0 fully saturated rings. The van der Waals surface area contributed by atoms with E-state index < -0.39 is 0 Å². The van der Waals surface area contributed by atoms with Crippen molar-refractivity contribution in [3.8, 4) is 23.0 Å². The molecule has 0 bridgehead atoms. The molecule has 0 radical (unpaired) electrons. The lowest BCUT2D eigenvalue weighted by atomic mass is 10.1. The van der Waals surface area contributed by atoms with E-state index in [0.717, 1.165) is 30.8 Å². The number of likely N-dealkylation sites (N-methyl/N-ethyl adjacent to an activating group) is 1. The van der Waals surface area contributed by atoms with Crippen LogP contribution in [0.25, 0.3) is 12.2 Å². The second-order valence-corrected chi connectivity index (χ2v) is 6.79. The third kappa shape index (κ3) is 7.50. The van der Waals surface area contributed by atoms with Crippen LogP contribution in [0.3, 0.4) is 0 Å². The summed E-state index contributed by atoms with van der Waals surface area (Å²) in [5, 5.41) is 9.63. The first-order valence-electron chi connectivity index (χ1n) is 10.3. The summed E-state index contributed by atoms with van der Waals surface area (Å²) in [6.07, 6.45) is 6.35. The van der Waals surface area contributed by atoms with Gasteiger partial charge >= 0.3 is 0 Å². The summed E-state index contributed by atoms with van der Waals surface area (Å²) >= 11 is 0. The lowest BCUT2D eigenvalue weighted by Gasteiger charge is -2.18. The third-order valence-corrected chi connectivity index (χ3v) is 4.83. The van der Waals surface area contributed by atoms with Crippen molar-refractivity contribution in [1.82, 2.24) is 4.90 Å². The molecule has 0 aliphatic carbocycles. The predicted molar refractivity (Wildman–Crippen MR) is 124 cm³/mol. The number of ketones is 1. The zero-order chi connectivity index (χ0) is 22.6. The van der Waals surface area contributed by atoms with Gasteiger partial charge in [0.05, 0.1) is 14.2 Å². The molecule has 0 aromatic heterocycles. The molecule has 1 N–H and O–H groups in total. The van der Waals surface area contributed by atoms with Crippen molar-refractivity contribution in [2.24, 2.45) is 0 Å². The molecule has 2 aromatic rings. The van der Waals surface area contributed by atoms with Crippen LogP contribution in [0.1, 0.15) is 25.0 Å². The van der Waals surface area contributed by atoms with Crippen LogP contribution in [-0.4, -0.2) is 56.3 Å². The monoisotopic (exact) mass is 425 g/mol. The minimum atomic E-state index is -0.162. The molecule has 31 heavy (non-hydrogen) atoms. The summed E-state index contributed by atoms with van der Waals surface area (Å²) in [6, 6.07) is 10.5. The van der Waals surface area contributed by atoms with Crippen molar-refractivity contribution < 1.29 is 24.1 Å². The largest absolute Gasteiger partial charge is 0.504 e. The topological polar surface area (TPSA) is 68.2 Å². The van der Waals surface area contributed by atoms with Gasteiger partial charge in [-0.2, -0.15) is 0 Å². The number of carbonyl (C=O) groups is 1. The highest BCUT2D eigenvalue weighted by molar-refractivity contribution is 6.04. The zero-order valence-corrected chi connectivity index (χ0v) is 18.6. The van der Waals surface area contributed by atoms with E-state index in [0.29, 0.717) is 23.9 Å². The second kappa shape index (κ2) is 12.4. The molecule has 0 atom stereocenters. The fourth-order valence-corrected chi connectivity index (χ4v) is 2.94. The van der Waals surface area contributed by atoms with Crippen LogP contribution in [0, 0.1) is 0 Å². The third-order valence-electron chi connectivity index (χ3n) is 4.83. The van der Waals surface area contributed by atoms with Crippen LogP contribution in [0.5, 0.6) is 23.0 Å². The van der Waals surface area contributed by atoms with E-state index >= 15 is 0 Å². The average molecular weight is 426 g/mol. The Morgan fingerprint density at radius 1 is 0.903 bits per heavy atom. The van der Waals surface area contributed by atoms with Crippen LogP contribution < -0.4 is 14.2 Å². The van der Waals surface area contributed by atoms with Gasteiger partial charge in [0.15, 0.2) is 28.8 Å². The van der Waals surface area contributed by atoms with Crippen molar-refractivity contribution >= 4 is 17.9 Å². The lowest BCUT2D eigenvalue weighted by Crippen LogP contribution is -2.27. The molecule has 2 rings (SSSR count). The summed E-state index contributed by atoms with van der Waals surface area (Å²) in [7, 11) is 3.08. The number of rotatable bonds is 12. The van der Waals surface area contributed by atoms with Crippen LogP contribution >= 0.6 is 0 Å². The van der Waals surface area contributed by atoms with E-state index in [4.69, 9.17) is 14.2 Å². The van der Waals surface area contributed by atoms with E-state index in [2.05, 4.69) is 18.7 Å². The van der Waals surface area contributed by atoms with Crippen LogP contribution in [0.4, 0.5) is 0 Å². The number of allylic oxidation sites excluding steroid dienone is 2. The second-order valence-electron chi connectivity index (χ2n) is 6.79. The Labute approximate surface area is 184 Å². The van der Waals surface area contributed by atoms with Gasteiger partial charge in [0.25, 0.3) is 0 Å². The predicted octanol–water partition coefficient (Wildman–Crippen LogP) is 4.43. The van der Waals surface area contributed by atoms with Gasteiger partial charge in [-0.25, -0.2) is 0 Å². The summed E-state index contributed by atoms with van der Waals surface area (Å²) in [6.45, 7) is 7.67. The maximum Gasteiger partial charge on any atom is 0.178 e. The number of nitrogens with zero attached hydrogens (tertiary/aromatic N) is 1. The van der Waals surface area contributed by atoms with E-state index in [-0.39, 0.29) is 11.5 Å². The van der Waals surface area contributed by atoms with E-state index in [1.165, 1.54) is 25.3 Å². The fraction of sp³-hybridized carbons (Fsp3) is 0.320. The summed E-state index contributed by atoms with van der Waals surface area (Å²) < 4.78 is 16.4. The first kappa shape index (κ1) is 24.0. The Balaban J connectivity index is 1.99. The molecular formula is C25H31NO5. The Morgan fingerprint density at radius 3 is 2.06 bits per heavy atom. The fourth-order valence-electron chi connectivity index (χ4n) is 2.94. The van der Waals surface area contributed by atoms with Crippen molar-refractivity contribution in [1.29, 1.82) is 0 Å². The van der Waals surface area contributed by atoms with Gasteiger partial charge in [0.2, 0.25) is 0 Å². The standard InChI is InChI=1S/C25H31NO5/c1-5-26(6-2)15-16-31-23-14-10-20(18-25(23)30-4)8-12-21(27)11-7-19-9-13-22(28)24(17-19)29-3/h7-14,17-18,28H,5-6,15-16H2,1-4H3/b11-7+,12-8+. The number of methoxy groups -OCH3 is 2. The van der Waals surface area contributed by atoms with Gasteiger partial charge < -0.3 is 24.2 Å². The van der Waals surface area contributed by atoms with Gasteiger partial charge in [-0.05, 0) is 60.6 Å². The minimum absolute atomic E-state index is 0.0558. The number of aromatic hydroxyl groups is 1. The summed E-state index contributed by atoms with van der Waals surface area (Å²) in [5.74, 6) is 1.56. The molecule has 6 nitrogen and oxygen atoms in total.